The van der Waals surface area contributed by atoms with Gasteiger partial charge in [0.2, 0.25) is 5.91 Å². The third kappa shape index (κ3) is 41.6. The highest BCUT2D eigenvalue weighted by molar-refractivity contribution is 5.80. The predicted octanol–water partition coefficient (Wildman–Crippen LogP) is 14.9. The summed E-state index contributed by atoms with van der Waals surface area (Å²) >= 11 is 0. The third-order valence-corrected chi connectivity index (χ3v) is 16.0. The van der Waals surface area contributed by atoms with Crippen molar-refractivity contribution in [3.05, 3.63) is 24.3 Å². The van der Waals surface area contributed by atoms with Crippen LogP contribution in [0.4, 0.5) is 0 Å². The van der Waals surface area contributed by atoms with Gasteiger partial charge in [-0.1, -0.05) is 289 Å². The standard InChI is InChI=1S/C65H125NO10/c1-3-5-7-9-11-13-15-17-19-21-23-25-27-28-29-30-31-33-34-36-38-40-42-44-46-48-50-52-57(68)60(70)56(55-75-65-63(73)62(72)61(71)59(54-67)76-65)66-64(74)58(69)53-51-49-47-45-43-41-39-37-35-32-26-24-22-20-18-16-14-12-10-8-6-4-2/h36,38,44,46,56-63,65,67-73H,3-35,37,39-43,45,47-55H2,1-2H3,(H,66,74)/b38-36+,46-44+. The van der Waals surface area contributed by atoms with Crippen molar-refractivity contribution in [3.63, 3.8) is 0 Å². The first-order chi connectivity index (χ1) is 37.2. The predicted molar refractivity (Wildman–Crippen MR) is 316 cm³/mol. The van der Waals surface area contributed by atoms with E-state index in [0.29, 0.717) is 19.3 Å². The second kappa shape index (κ2) is 54.2. The third-order valence-electron chi connectivity index (χ3n) is 16.0. The van der Waals surface area contributed by atoms with E-state index < -0.39 is 74.2 Å². The van der Waals surface area contributed by atoms with Crippen molar-refractivity contribution in [1.82, 2.24) is 5.32 Å². The molecule has 9 atom stereocenters. The van der Waals surface area contributed by atoms with Crippen LogP contribution in [-0.4, -0.2) is 110 Å². The summed E-state index contributed by atoms with van der Waals surface area (Å²) in [5.74, 6) is -0.704. The first-order valence-corrected chi connectivity index (χ1v) is 32.7. The molecule has 1 amide bonds. The Morgan fingerprint density at radius 3 is 1.17 bits per heavy atom. The highest BCUT2D eigenvalue weighted by Crippen LogP contribution is 2.24. The summed E-state index contributed by atoms with van der Waals surface area (Å²) in [7, 11) is 0. The van der Waals surface area contributed by atoms with Crippen molar-refractivity contribution < 1.29 is 50.0 Å². The van der Waals surface area contributed by atoms with Gasteiger partial charge in [-0.2, -0.15) is 0 Å². The molecule has 0 aromatic carbocycles. The molecule has 0 bridgehead atoms. The van der Waals surface area contributed by atoms with Gasteiger partial charge in [-0.25, -0.2) is 0 Å². The molecule has 1 rings (SSSR count). The van der Waals surface area contributed by atoms with Gasteiger partial charge in [0.25, 0.3) is 0 Å². The minimum Gasteiger partial charge on any atom is -0.394 e. The Labute approximate surface area is 467 Å². The molecule has 0 aliphatic carbocycles. The molecule has 1 aliphatic heterocycles. The lowest BCUT2D eigenvalue weighted by atomic mass is 9.98. The number of ether oxygens (including phenoxy) is 2. The van der Waals surface area contributed by atoms with Crippen LogP contribution in [0.2, 0.25) is 0 Å². The molecule has 0 aromatic rings. The zero-order valence-corrected chi connectivity index (χ0v) is 49.5. The van der Waals surface area contributed by atoms with E-state index in [1.807, 2.05) is 0 Å². The monoisotopic (exact) mass is 1080 g/mol. The largest absolute Gasteiger partial charge is 0.394 e. The number of aliphatic hydroxyl groups is 7. The fourth-order valence-corrected chi connectivity index (χ4v) is 10.7. The van der Waals surface area contributed by atoms with Crippen LogP contribution < -0.4 is 5.32 Å². The summed E-state index contributed by atoms with van der Waals surface area (Å²) in [6, 6.07) is -1.19. The Kier molecular flexibility index (Phi) is 51.8. The maximum atomic E-state index is 13.2. The maximum Gasteiger partial charge on any atom is 0.249 e. The molecule has 1 fully saturated rings. The minimum atomic E-state index is -1.67. The molecule has 11 heteroatoms. The summed E-state index contributed by atoms with van der Waals surface area (Å²) in [5.41, 5.74) is 0. The Morgan fingerprint density at radius 1 is 0.447 bits per heavy atom. The average Bonchev–Trinajstić information content (AvgIpc) is 3.42. The van der Waals surface area contributed by atoms with Gasteiger partial charge in [0.15, 0.2) is 6.29 Å². The van der Waals surface area contributed by atoms with Crippen LogP contribution in [0, 0.1) is 0 Å². The van der Waals surface area contributed by atoms with Crippen molar-refractivity contribution in [3.8, 4) is 0 Å². The molecule has 450 valence electrons. The van der Waals surface area contributed by atoms with Gasteiger partial charge in [0.05, 0.1) is 25.4 Å². The van der Waals surface area contributed by atoms with Crippen LogP contribution in [0.5, 0.6) is 0 Å². The first kappa shape index (κ1) is 72.6. The first-order valence-electron chi connectivity index (χ1n) is 32.7. The van der Waals surface area contributed by atoms with Crippen LogP contribution in [-0.2, 0) is 14.3 Å². The Hall–Kier alpha value is -1.41. The topological polar surface area (TPSA) is 189 Å². The van der Waals surface area contributed by atoms with E-state index in [-0.39, 0.29) is 12.8 Å². The maximum absolute atomic E-state index is 13.2. The summed E-state index contributed by atoms with van der Waals surface area (Å²) in [4.78, 5) is 13.2. The number of carbonyl (C=O) groups is 1. The van der Waals surface area contributed by atoms with Crippen molar-refractivity contribution in [2.24, 2.45) is 0 Å². The Balaban J connectivity index is 2.27. The van der Waals surface area contributed by atoms with Gasteiger partial charge >= 0.3 is 0 Å². The van der Waals surface area contributed by atoms with Gasteiger partial charge in [0.1, 0.15) is 36.6 Å². The molecule has 0 aromatic heterocycles. The number of hydrogen-bond acceptors (Lipinski definition) is 10. The molecule has 9 unspecified atom stereocenters. The Bertz CT molecular complexity index is 1280. The zero-order valence-electron chi connectivity index (χ0n) is 49.5. The number of carbonyl (C=O) groups excluding carboxylic acids is 1. The number of amides is 1. The van der Waals surface area contributed by atoms with Gasteiger partial charge in [-0.05, 0) is 51.4 Å². The highest BCUT2D eigenvalue weighted by Gasteiger charge is 2.44. The molecule has 1 aliphatic rings. The van der Waals surface area contributed by atoms with Crippen LogP contribution in [0.15, 0.2) is 24.3 Å². The molecule has 11 nitrogen and oxygen atoms in total. The molecule has 76 heavy (non-hydrogen) atoms. The summed E-state index contributed by atoms with van der Waals surface area (Å²) in [5, 5.41) is 76.3. The fraction of sp³-hybridized carbons (Fsp3) is 0.923. The SMILES string of the molecule is CCCCCCCCCCCCCCCCCCCC/C=C/CC/C=C/CCCC(O)C(O)C(COC1OC(CO)C(O)C(O)C1O)NC(=O)C(O)CCCCCCCCCCCCCCCCCCCCCCCC. The molecule has 8 N–H and O–H groups in total. The van der Waals surface area contributed by atoms with E-state index in [4.69, 9.17) is 9.47 Å². The molecular weight excluding hydrogens is 955 g/mol. The van der Waals surface area contributed by atoms with E-state index in [1.165, 1.54) is 231 Å². The van der Waals surface area contributed by atoms with E-state index >= 15 is 0 Å². The van der Waals surface area contributed by atoms with E-state index in [1.54, 1.807) is 0 Å². The lowest BCUT2D eigenvalue weighted by Gasteiger charge is -2.40. The highest BCUT2D eigenvalue weighted by atomic mass is 16.7. The quantitative estimate of drug-likeness (QED) is 0.0215. The van der Waals surface area contributed by atoms with E-state index in [9.17, 15) is 40.5 Å². The van der Waals surface area contributed by atoms with Crippen molar-refractivity contribution in [1.29, 1.82) is 0 Å². The van der Waals surface area contributed by atoms with Crippen LogP contribution in [0.3, 0.4) is 0 Å². The number of aliphatic hydroxyl groups excluding tert-OH is 7. The van der Waals surface area contributed by atoms with Gasteiger partial charge in [-0.15, -0.1) is 0 Å². The molecular formula is C65H125NO10. The second-order valence-corrected chi connectivity index (χ2v) is 23.2. The normalized spacial score (nSPS) is 19.7. The van der Waals surface area contributed by atoms with Crippen LogP contribution >= 0.6 is 0 Å². The lowest BCUT2D eigenvalue weighted by Crippen LogP contribution is -2.60. The van der Waals surface area contributed by atoms with Crippen molar-refractivity contribution in [2.75, 3.05) is 13.2 Å². The number of hydrogen-bond donors (Lipinski definition) is 8. The number of unbranched alkanes of at least 4 members (excludes halogenated alkanes) is 41. The lowest BCUT2D eigenvalue weighted by molar-refractivity contribution is -0.303. The number of allylic oxidation sites excluding steroid dienone is 4. The van der Waals surface area contributed by atoms with Crippen molar-refractivity contribution >= 4 is 5.91 Å². The Morgan fingerprint density at radius 2 is 0.789 bits per heavy atom. The second-order valence-electron chi connectivity index (χ2n) is 23.2. The molecule has 0 spiro atoms. The minimum absolute atomic E-state index is 0.249. The van der Waals surface area contributed by atoms with Gasteiger partial charge in [0, 0.05) is 0 Å². The summed E-state index contributed by atoms with van der Waals surface area (Å²) < 4.78 is 11.2. The smallest absolute Gasteiger partial charge is 0.249 e. The van der Waals surface area contributed by atoms with E-state index in [2.05, 4.69) is 43.5 Å². The van der Waals surface area contributed by atoms with Gasteiger partial charge < -0.3 is 50.5 Å². The van der Waals surface area contributed by atoms with Crippen LogP contribution in [0.1, 0.15) is 316 Å². The van der Waals surface area contributed by atoms with E-state index in [0.717, 1.165) is 38.5 Å². The zero-order chi connectivity index (χ0) is 55.4. The molecule has 0 radical (unpaired) electrons. The van der Waals surface area contributed by atoms with Crippen LogP contribution in [0.25, 0.3) is 0 Å². The number of nitrogens with one attached hydrogen (secondary N) is 1. The average molecular weight is 1080 g/mol. The fourth-order valence-electron chi connectivity index (χ4n) is 10.7. The number of rotatable bonds is 57. The summed E-state index contributed by atoms with van der Waals surface area (Å²) in [6.07, 6.45) is 55.4. The van der Waals surface area contributed by atoms with Gasteiger partial charge in [-0.3, -0.25) is 4.79 Å². The molecule has 1 heterocycles. The summed E-state index contributed by atoms with van der Waals surface area (Å²) in [6.45, 7) is 3.49. The molecule has 0 saturated carbocycles. The van der Waals surface area contributed by atoms with Crippen molar-refractivity contribution in [2.45, 2.75) is 371 Å². The molecule has 1 saturated heterocycles.